The van der Waals surface area contributed by atoms with Crippen molar-refractivity contribution in [3.05, 3.63) is 35.4 Å². The summed E-state index contributed by atoms with van der Waals surface area (Å²) in [6, 6.07) is 7.57. The molecule has 1 N–H and O–H groups in total. The van der Waals surface area contributed by atoms with E-state index in [2.05, 4.69) is 0 Å². The van der Waals surface area contributed by atoms with Crippen molar-refractivity contribution in [2.75, 3.05) is 6.54 Å². The summed E-state index contributed by atoms with van der Waals surface area (Å²) < 4.78 is 0. The van der Waals surface area contributed by atoms with Gasteiger partial charge in [-0.25, -0.2) is 0 Å². The predicted molar refractivity (Wildman–Crippen MR) is 62.7 cm³/mol. The number of benzene rings is 1. The number of nitrogens with zero attached hydrogens (tertiary/aromatic N) is 1. The van der Waals surface area contributed by atoms with Crippen LogP contribution in [0.4, 0.5) is 0 Å². The van der Waals surface area contributed by atoms with Gasteiger partial charge in [-0.05, 0) is 24.5 Å². The zero-order valence-corrected chi connectivity index (χ0v) is 9.72. The van der Waals surface area contributed by atoms with Gasteiger partial charge in [-0.15, -0.1) is 0 Å². The highest BCUT2D eigenvalue weighted by molar-refractivity contribution is 5.83. The summed E-state index contributed by atoms with van der Waals surface area (Å²) in [5.74, 6) is -0.864. The molecule has 17 heavy (non-hydrogen) atoms. The lowest BCUT2D eigenvalue weighted by molar-refractivity contribution is -0.140. The number of carbonyl (C=O) groups is 2. The molecule has 0 saturated carbocycles. The molecule has 0 aliphatic carbocycles. The first kappa shape index (κ1) is 11.8. The van der Waals surface area contributed by atoms with Gasteiger partial charge >= 0.3 is 5.97 Å². The molecule has 4 nitrogen and oxygen atoms in total. The highest BCUT2D eigenvalue weighted by Gasteiger charge is 2.30. The largest absolute Gasteiger partial charge is 0.480 e. The molecule has 0 spiro atoms. The fourth-order valence-corrected chi connectivity index (χ4v) is 2.32. The molecule has 0 amide bonds. The van der Waals surface area contributed by atoms with Gasteiger partial charge in [-0.2, -0.15) is 0 Å². The van der Waals surface area contributed by atoms with Crippen LogP contribution in [0.1, 0.15) is 18.1 Å². The van der Waals surface area contributed by atoms with Crippen LogP contribution in [-0.4, -0.2) is 34.3 Å². The first-order valence-corrected chi connectivity index (χ1v) is 5.61. The summed E-state index contributed by atoms with van der Waals surface area (Å²) >= 11 is 0. The number of Topliss-reactive ketones (excluding diaryl/α,β-unsaturated/α-hetero) is 1. The topological polar surface area (TPSA) is 57.6 Å². The Balaban J connectivity index is 2.27. The molecular formula is C13H15NO3. The van der Waals surface area contributed by atoms with E-state index in [1.807, 2.05) is 24.3 Å². The molecule has 0 saturated heterocycles. The SMILES string of the molecule is CC(=O)C1Cc2ccccc2CN1CC(=O)O. The van der Waals surface area contributed by atoms with Gasteiger partial charge in [0.1, 0.15) is 5.78 Å². The summed E-state index contributed by atoms with van der Waals surface area (Å²) in [6.07, 6.45) is 0.610. The number of carboxylic acid groups (broad SMARTS) is 1. The van der Waals surface area contributed by atoms with E-state index in [0.29, 0.717) is 13.0 Å². The van der Waals surface area contributed by atoms with Gasteiger partial charge in [0.05, 0.1) is 12.6 Å². The van der Waals surface area contributed by atoms with Gasteiger partial charge in [0, 0.05) is 6.54 Å². The van der Waals surface area contributed by atoms with E-state index >= 15 is 0 Å². The molecule has 2 rings (SSSR count). The van der Waals surface area contributed by atoms with Gasteiger partial charge in [-0.3, -0.25) is 14.5 Å². The third-order valence-electron chi connectivity index (χ3n) is 3.15. The molecule has 1 heterocycles. The van der Waals surface area contributed by atoms with Crippen molar-refractivity contribution in [1.29, 1.82) is 0 Å². The van der Waals surface area contributed by atoms with Gasteiger partial charge in [0.15, 0.2) is 0 Å². The number of fused-ring (bicyclic) bond motifs is 1. The van der Waals surface area contributed by atoms with Crippen LogP contribution in [-0.2, 0) is 22.6 Å². The number of hydrogen-bond donors (Lipinski definition) is 1. The maximum atomic E-state index is 11.6. The quantitative estimate of drug-likeness (QED) is 0.849. The lowest BCUT2D eigenvalue weighted by Crippen LogP contribution is -2.46. The Morgan fingerprint density at radius 2 is 2.00 bits per heavy atom. The van der Waals surface area contributed by atoms with Crippen LogP contribution in [0.15, 0.2) is 24.3 Å². The number of rotatable bonds is 3. The lowest BCUT2D eigenvalue weighted by atomic mass is 9.92. The summed E-state index contributed by atoms with van der Waals surface area (Å²) in [6.45, 7) is 1.97. The third kappa shape index (κ3) is 2.53. The molecule has 1 unspecified atom stereocenters. The first-order chi connectivity index (χ1) is 8.08. The second-order valence-electron chi connectivity index (χ2n) is 4.40. The van der Waals surface area contributed by atoms with Gasteiger partial charge in [0.2, 0.25) is 0 Å². The van der Waals surface area contributed by atoms with E-state index in [1.54, 1.807) is 4.90 Å². The molecule has 1 aliphatic heterocycles. The molecule has 0 fully saturated rings. The molecule has 0 bridgehead atoms. The van der Waals surface area contributed by atoms with Crippen molar-refractivity contribution >= 4 is 11.8 Å². The molecule has 1 aromatic rings. The lowest BCUT2D eigenvalue weighted by Gasteiger charge is -2.34. The number of carbonyl (C=O) groups excluding carboxylic acids is 1. The van der Waals surface area contributed by atoms with E-state index in [-0.39, 0.29) is 18.4 Å². The molecule has 4 heteroatoms. The van der Waals surface area contributed by atoms with Crippen molar-refractivity contribution in [3.8, 4) is 0 Å². The van der Waals surface area contributed by atoms with Crippen molar-refractivity contribution < 1.29 is 14.7 Å². The summed E-state index contributed by atoms with van der Waals surface area (Å²) in [4.78, 5) is 24.1. The summed E-state index contributed by atoms with van der Waals surface area (Å²) in [5, 5.41) is 8.86. The Bertz CT molecular complexity index is 456. The van der Waals surface area contributed by atoms with Crippen molar-refractivity contribution in [3.63, 3.8) is 0 Å². The van der Waals surface area contributed by atoms with Crippen LogP contribution in [0.5, 0.6) is 0 Å². The summed E-state index contributed by atoms with van der Waals surface area (Å²) in [7, 11) is 0. The van der Waals surface area contributed by atoms with Crippen LogP contribution in [0.2, 0.25) is 0 Å². The monoisotopic (exact) mass is 233 g/mol. The van der Waals surface area contributed by atoms with Crippen LogP contribution < -0.4 is 0 Å². The molecule has 1 aliphatic rings. The fraction of sp³-hybridized carbons (Fsp3) is 0.385. The third-order valence-corrected chi connectivity index (χ3v) is 3.15. The predicted octanol–water partition coefficient (Wildman–Crippen LogP) is 1.09. The van der Waals surface area contributed by atoms with E-state index < -0.39 is 5.97 Å². The first-order valence-electron chi connectivity index (χ1n) is 5.61. The van der Waals surface area contributed by atoms with Crippen molar-refractivity contribution in [2.24, 2.45) is 0 Å². The maximum absolute atomic E-state index is 11.6. The number of ketones is 1. The highest BCUT2D eigenvalue weighted by Crippen LogP contribution is 2.23. The molecule has 1 atom stereocenters. The molecule has 1 aromatic carbocycles. The summed E-state index contributed by atoms with van der Waals surface area (Å²) in [5.41, 5.74) is 2.26. The Morgan fingerprint density at radius 1 is 1.35 bits per heavy atom. The Labute approximate surface area is 99.9 Å². The average molecular weight is 233 g/mol. The molecular weight excluding hydrogens is 218 g/mol. The number of carboxylic acids is 1. The van der Waals surface area contributed by atoms with Gasteiger partial charge in [-0.1, -0.05) is 24.3 Å². The van der Waals surface area contributed by atoms with Crippen LogP contribution >= 0.6 is 0 Å². The zero-order valence-electron chi connectivity index (χ0n) is 9.72. The van der Waals surface area contributed by atoms with E-state index in [9.17, 15) is 9.59 Å². The average Bonchev–Trinajstić information content (AvgIpc) is 2.27. The Morgan fingerprint density at radius 3 is 2.59 bits per heavy atom. The van der Waals surface area contributed by atoms with E-state index in [0.717, 1.165) is 11.1 Å². The van der Waals surface area contributed by atoms with Crippen LogP contribution in [0.25, 0.3) is 0 Å². The molecule has 90 valence electrons. The number of hydrogen-bond acceptors (Lipinski definition) is 3. The van der Waals surface area contributed by atoms with Gasteiger partial charge < -0.3 is 5.11 Å². The van der Waals surface area contributed by atoms with Gasteiger partial charge in [0.25, 0.3) is 0 Å². The normalized spacial score (nSPS) is 19.7. The molecule has 0 radical (unpaired) electrons. The van der Waals surface area contributed by atoms with E-state index in [4.69, 9.17) is 5.11 Å². The smallest absolute Gasteiger partial charge is 0.317 e. The minimum atomic E-state index is -0.893. The van der Waals surface area contributed by atoms with E-state index in [1.165, 1.54) is 6.92 Å². The standard InChI is InChI=1S/C13H15NO3/c1-9(15)12-6-10-4-2-3-5-11(10)7-14(12)8-13(16)17/h2-5,12H,6-8H2,1H3,(H,16,17). The minimum Gasteiger partial charge on any atom is -0.480 e. The maximum Gasteiger partial charge on any atom is 0.317 e. The minimum absolute atomic E-state index is 0.0285. The second-order valence-corrected chi connectivity index (χ2v) is 4.40. The Kier molecular flexibility index (Phi) is 3.24. The molecule has 0 aromatic heterocycles. The highest BCUT2D eigenvalue weighted by atomic mass is 16.4. The van der Waals surface area contributed by atoms with Crippen molar-refractivity contribution in [1.82, 2.24) is 4.90 Å². The van der Waals surface area contributed by atoms with Crippen LogP contribution in [0, 0.1) is 0 Å². The Hall–Kier alpha value is -1.68. The van der Waals surface area contributed by atoms with Crippen LogP contribution in [0.3, 0.4) is 0 Å². The zero-order chi connectivity index (χ0) is 12.4. The van der Waals surface area contributed by atoms with Crippen molar-refractivity contribution in [2.45, 2.75) is 25.9 Å². The second kappa shape index (κ2) is 4.67. The fourth-order valence-electron chi connectivity index (χ4n) is 2.32. The number of aliphatic carboxylic acids is 1.